The zero-order chi connectivity index (χ0) is 15.7. The highest BCUT2D eigenvalue weighted by Gasteiger charge is 2.34. The maximum absolute atomic E-state index is 12.6. The van der Waals surface area contributed by atoms with Gasteiger partial charge in [-0.15, -0.1) is 0 Å². The first-order valence-corrected chi connectivity index (χ1v) is 7.38. The van der Waals surface area contributed by atoms with Crippen molar-refractivity contribution < 1.29 is 18.0 Å². The zero-order valence-corrected chi connectivity index (χ0v) is 12.6. The number of carbonyl (C=O) groups is 1. The molecule has 1 aliphatic heterocycles. The number of carbonyl (C=O) groups excluding carboxylic acids is 1. The van der Waals surface area contributed by atoms with Crippen LogP contribution in [-0.2, 0) is 11.0 Å². The summed E-state index contributed by atoms with van der Waals surface area (Å²) in [4.78, 5) is 12.2. The van der Waals surface area contributed by atoms with Crippen LogP contribution in [0.2, 0.25) is 0 Å². The van der Waals surface area contributed by atoms with Gasteiger partial charge in [-0.05, 0) is 38.5 Å². The molecule has 0 bridgehead atoms. The Balaban J connectivity index is 2.04. The van der Waals surface area contributed by atoms with Gasteiger partial charge in [0.15, 0.2) is 0 Å². The lowest BCUT2D eigenvalue weighted by Gasteiger charge is -2.35. The lowest BCUT2D eigenvalue weighted by atomic mass is 10.1. The van der Waals surface area contributed by atoms with E-state index in [2.05, 4.69) is 9.62 Å². The maximum Gasteiger partial charge on any atom is 0.416 e. The van der Waals surface area contributed by atoms with E-state index < -0.39 is 16.5 Å². The molecule has 0 aromatic heterocycles. The number of hydrogen-bond donors (Lipinski definition) is 1. The van der Waals surface area contributed by atoms with Crippen molar-refractivity contribution in [3.8, 4) is 0 Å². The molecule has 0 saturated carbocycles. The molecular weight excluding hydrogens is 301 g/mol. The topological polar surface area (TPSA) is 32.3 Å². The Morgan fingerprint density at radius 1 is 1.29 bits per heavy atom. The minimum Gasteiger partial charge on any atom is -0.325 e. The Labute approximate surface area is 126 Å². The van der Waals surface area contributed by atoms with Gasteiger partial charge in [0.25, 0.3) is 0 Å². The summed E-state index contributed by atoms with van der Waals surface area (Å²) < 4.78 is 39.3. The quantitative estimate of drug-likeness (QED) is 0.858. The average molecular weight is 318 g/mol. The average Bonchev–Trinajstić information content (AvgIpc) is 2.33. The maximum atomic E-state index is 12.6. The molecule has 0 aliphatic carbocycles. The Bertz CT molecular complexity index is 527. The first kappa shape index (κ1) is 16.2. The molecule has 1 fully saturated rings. The SMILES string of the molecule is CC(C)(SN1CCC1)C(=O)Nc1cccc(C(F)(F)F)c1. The summed E-state index contributed by atoms with van der Waals surface area (Å²) in [5, 5.41) is 2.56. The summed E-state index contributed by atoms with van der Waals surface area (Å²) >= 11 is 1.42. The standard InChI is InChI=1S/C14H17F3N2OS/c1-13(2,21-19-7-4-8-19)12(20)18-11-6-3-5-10(9-11)14(15,16)17/h3,5-6,9H,4,7-8H2,1-2H3,(H,18,20). The third-order valence-electron chi connectivity index (χ3n) is 3.17. The van der Waals surface area contributed by atoms with Gasteiger partial charge >= 0.3 is 6.18 Å². The van der Waals surface area contributed by atoms with Gasteiger partial charge in [0.1, 0.15) is 4.75 Å². The van der Waals surface area contributed by atoms with E-state index in [0.717, 1.165) is 31.6 Å². The van der Waals surface area contributed by atoms with E-state index in [0.29, 0.717) is 0 Å². The second-order valence-corrected chi connectivity index (χ2v) is 7.14. The van der Waals surface area contributed by atoms with Gasteiger partial charge in [0, 0.05) is 18.8 Å². The smallest absolute Gasteiger partial charge is 0.325 e. The molecule has 116 valence electrons. The predicted molar refractivity (Wildman–Crippen MR) is 77.9 cm³/mol. The second-order valence-electron chi connectivity index (χ2n) is 5.42. The van der Waals surface area contributed by atoms with Crippen molar-refractivity contribution in [3.63, 3.8) is 0 Å². The van der Waals surface area contributed by atoms with Crippen LogP contribution < -0.4 is 5.32 Å². The van der Waals surface area contributed by atoms with E-state index in [1.54, 1.807) is 13.8 Å². The number of amides is 1. The molecule has 7 heteroatoms. The van der Waals surface area contributed by atoms with Gasteiger partial charge in [0.05, 0.1) is 5.56 Å². The molecule has 1 saturated heterocycles. The molecule has 21 heavy (non-hydrogen) atoms. The fraction of sp³-hybridized carbons (Fsp3) is 0.500. The lowest BCUT2D eigenvalue weighted by Crippen LogP contribution is -2.41. The Kier molecular flexibility index (Phi) is 4.53. The normalized spacial score (nSPS) is 16.4. The fourth-order valence-corrected chi connectivity index (χ4v) is 3.02. The van der Waals surface area contributed by atoms with Crippen LogP contribution in [-0.4, -0.2) is 28.0 Å². The molecule has 2 rings (SSSR count). The van der Waals surface area contributed by atoms with Crippen LogP contribution in [0, 0.1) is 0 Å². The molecule has 0 atom stereocenters. The van der Waals surface area contributed by atoms with E-state index in [1.165, 1.54) is 24.1 Å². The largest absolute Gasteiger partial charge is 0.416 e. The number of anilines is 1. The summed E-state index contributed by atoms with van der Waals surface area (Å²) in [7, 11) is 0. The van der Waals surface area contributed by atoms with E-state index >= 15 is 0 Å². The van der Waals surface area contributed by atoms with Gasteiger partial charge in [-0.25, -0.2) is 4.31 Å². The van der Waals surface area contributed by atoms with Crippen LogP contribution in [0.25, 0.3) is 0 Å². The molecule has 0 radical (unpaired) electrons. The Hall–Kier alpha value is -1.21. The molecule has 1 amide bonds. The third kappa shape index (κ3) is 4.14. The van der Waals surface area contributed by atoms with Crippen LogP contribution in [0.3, 0.4) is 0 Å². The van der Waals surface area contributed by atoms with Crippen molar-refractivity contribution in [2.24, 2.45) is 0 Å². The van der Waals surface area contributed by atoms with E-state index in [-0.39, 0.29) is 11.6 Å². The van der Waals surface area contributed by atoms with Crippen LogP contribution in [0.4, 0.5) is 18.9 Å². The first-order valence-electron chi connectivity index (χ1n) is 6.61. The second kappa shape index (κ2) is 5.88. The van der Waals surface area contributed by atoms with Crippen molar-refractivity contribution in [2.45, 2.75) is 31.2 Å². The lowest BCUT2D eigenvalue weighted by molar-refractivity contribution is -0.137. The third-order valence-corrected chi connectivity index (χ3v) is 4.43. The van der Waals surface area contributed by atoms with Crippen LogP contribution in [0.5, 0.6) is 0 Å². The number of alkyl halides is 3. The number of rotatable bonds is 4. The Morgan fingerprint density at radius 3 is 2.48 bits per heavy atom. The van der Waals surface area contributed by atoms with Gasteiger partial charge < -0.3 is 5.32 Å². The van der Waals surface area contributed by atoms with Crippen LogP contribution in [0.15, 0.2) is 24.3 Å². The number of benzene rings is 1. The molecule has 1 heterocycles. The summed E-state index contributed by atoms with van der Waals surface area (Å²) in [5.74, 6) is -0.307. The van der Waals surface area contributed by atoms with E-state index in [1.807, 2.05) is 0 Å². The number of hydrogen-bond acceptors (Lipinski definition) is 3. The molecule has 1 aromatic carbocycles. The summed E-state index contributed by atoms with van der Waals surface area (Å²) in [6, 6.07) is 4.67. The van der Waals surface area contributed by atoms with E-state index in [4.69, 9.17) is 0 Å². The molecule has 1 N–H and O–H groups in total. The minimum absolute atomic E-state index is 0.159. The van der Waals surface area contributed by atoms with Crippen LogP contribution in [0.1, 0.15) is 25.8 Å². The highest BCUT2D eigenvalue weighted by Crippen LogP contribution is 2.34. The molecular formula is C14H17F3N2OS. The first-order chi connectivity index (χ1) is 9.68. The number of nitrogens with zero attached hydrogens (tertiary/aromatic N) is 1. The van der Waals surface area contributed by atoms with E-state index in [9.17, 15) is 18.0 Å². The Morgan fingerprint density at radius 2 is 1.95 bits per heavy atom. The molecule has 1 aliphatic rings. The van der Waals surface area contributed by atoms with Gasteiger partial charge in [-0.2, -0.15) is 13.2 Å². The number of nitrogens with one attached hydrogen (secondary N) is 1. The monoisotopic (exact) mass is 318 g/mol. The summed E-state index contributed by atoms with van der Waals surface area (Å²) in [6.07, 6.45) is -3.30. The highest BCUT2D eigenvalue weighted by atomic mass is 32.2. The van der Waals surface area contributed by atoms with Crippen LogP contribution >= 0.6 is 11.9 Å². The summed E-state index contributed by atoms with van der Waals surface area (Å²) in [6.45, 7) is 5.40. The minimum atomic E-state index is -4.41. The van der Waals surface area contributed by atoms with Crippen molar-refractivity contribution in [3.05, 3.63) is 29.8 Å². The predicted octanol–water partition coefficient (Wildman–Crippen LogP) is 3.78. The molecule has 1 aromatic rings. The summed E-state index contributed by atoms with van der Waals surface area (Å²) in [5.41, 5.74) is -0.611. The van der Waals surface area contributed by atoms with Crippen molar-refractivity contribution in [1.82, 2.24) is 4.31 Å². The molecule has 0 unspecified atom stereocenters. The van der Waals surface area contributed by atoms with Crippen molar-refractivity contribution in [1.29, 1.82) is 0 Å². The molecule has 3 nitrogen and oxygen atoms in total. The van der Waals surface area contributed by atoms with Crippen molar-refractivity contribution >= 4 is 23.5 Å². The van der Waals surface area contributed by atoms with Gasteiger partial charge in [-0.3, -0.25) is 4.79 Å². The zero-order valence-electron chi connectivity index (χ0n) is 11.8. The molecule has 0 spiro atoms. The van der Waals surface area contributed by atoms with Gasteiger partial charge in [-0.1, -0.05) is 18.0 Å². The van der Waals surface area contributed by atoms with Gasteiger partial charge in [0.2, 0.25) is 5.91 Å². The highest BCUT2D eigenvalue weighted by molar-refractivity contribution is 7.99. The fourth-order valence-electron chi connectivity index (χ4n) is 1.80. The van der Waals surface area contributed by atoms with Crippen molar-refractivity contribution in [2.75, 3.05) is 18.4 Å². The number of halogens is 3.